The number of nitrogens with one attached hydrogen (secondary N) is 1. The van der Waals surface area contributed by atoms with Gasteiger partial charge >= 0.3 is 5.97 Å². The van der Waals surface area contributed by atoms with Gasteiger partial charge in [0, 0.05) is 30.0 Å². The molecule has 0 saturated carbocycles. The summed E-state index contributed by atoms with van der Waals surface area (Å²) in [6.45, 7) is 1.43. The Morgan fingerprint density at radius 2 is 2.12 bits per heavy atom. The van der Waals surface area contributed by atoms with Crippen molar-refractivity contribution < 1.29 is 14.6 Å². The fourth-order valence-electron chi connectivity index (χ4n) is 1.88. The molecule has 0 bridgehead atoms. The topological polar surface area (TPSA) is 58.6 Å². The molecule has 1 aliphatic heterocycles. The number of rotatable bonds is 3. The van der Waals surface area contributed by atoms with Crippen molar-refractivity contribution in [2.24, 2.45) is 0 Å². The lowest BCUT2D eigenvalue weighted by atomic mass is 10.1. The first kappa shape index (κ1) is 12.2. The van der Waals surface area contributed by atoms with Crippen molar-refractivity contribution in [1.82, 2.24) is 0 Å². The lowest BCUT2D eigenvalue weighted by molar-refractivity contribution is 0.0697. The van der Waals surface area contributed by atoms with Gasteiger partial charge in [-0.05, 0) is 31.0 Å². The van der Waals surface area contributed by atoms with Gasteiger partial charge in [-0.25, -0.2) is 4.79 Å². The Morgan fingerprint density at radius 3 is 2.76 bits per heavy atom. The highest BCUT2D eigenvalue weighted by Crippen LogP contribution is 2.23. The molecule has 92 valence electrons. The van der Waals surface area contributed by atoms with Crippen molar-refractivity contribution in [1.29, 1.82) is 0 Å². The van der Waals surface area contributed by atoms with Crippen LogP contribution < -0.4 is 5.32 Å². The average Bonchev–Trinajstić information content (AvgIpc) is 2.32. The van der Waals surface area contributed by atoms with Crippen molar-refractivity contribution in [3.05, 3.63) is 28.8 Å². The molecule has 0 atom stereocenters. The van der Waals surface area contributed by atoms with E-state index < -0.39 is 5.97 Å². The number of carboxylic acids is 1. The number of aromatic carboxylic acids is 1. The maximum absolute atomic E-state index is 11.1. The van der Waals surface area contributed by atoms with Gasteiger partial charge in [-0.3, -0.25) is 0 Å². The minimum atomic E-state index is -0.970. The fourth-order valence-corrected chi connectivity index (χ4v) is 2.05. The molecule has 0 aliphatic carbocycles. The molecule has 0 radical (unpaired) electrons. The van der Waals surface area contributed by atoms with Gasteiger partial charge in [-0.2, -0.15) is 0 Å². The predicted octanol–water partition coefficient (Wildman–Crippen LogP) is 2.63. The van der Waals surface area contributed by atoms with Gasteiger partial charge in [0.15, 0.2) is 0 Å². The minimum Gasteiger partial charge on any atom is -0.478 e. The molecule has 4 nitrogen and oxygen atoms in total. The van der Waals surface area contributed by atoms with Crippen LogP contribution in [-0.2, 0) is 4.74 Å². The van der Waals surface area contributed by atoms with Gasteiger partial charge in [0.05, 0.1) is 5.56 Å². The van der Waals surface area contributed by atoms with Crippen LogP contribution in [-0.4, -0.2) is 30.3 Å². The summed E-state index contributed by atoms with van der Waals surface area (Å²) in [5.41, 5.74) is 0.831. The SMILES string of the molecule is O=C(O)c1cc(Cl)ccc1NC1CCOCC1. The average molecular weight is 256 g/mol. The molecule has 1 saturated heterocycles. The number of hydrogen-bond acceptors (Lipinski definition) is 3. The van der Waals surface area contributed by atoms with Gasteiger partial charge in [0.2, 0.25) is 0 Å². The van der Waals surface area contributed by atoms with E-state index in [1.807, 2.05) is 0 Å². The first-order valence-electron chi connectivity index (χ1n) is 5.54. The molecule has 2 rings (SSSR count). The van der Waals surface area contributed by atoms with Crippen molar-refractivity contribution in [3.8, 4) is 0 Å². The van der Waals surface area contributed by atoms with E-state index in [0.717, 1.165) is 12.8 Å². The monoisotopic (exact) mass is 255 g/mol. The standard InChI is InChI=1S/C12H14ClNO3/c13-8-1-2-11(10(7-8)12(15)16)14-9-3-5-17-6-4-9/h1-2,7,9,14H,3-6H2,(H,15,16). The number of halogens is 1. The second-order valence-electron chi connectivity index (χ2n) is 4.03. The molecule has 1 aromatic rings. The Kier molecular flexibility index (Phi) is 3.86. The first-order chi connectivity index (χ1) is 8.16. The van der Waals surface area contributed by atoms with E-state index in [1.54, 1.807) is 12.1 Å². The highest BCUT2D eigenvalue weighted by atomic mass is 35.5. The molecule has 1 heterocycles. The number of carbonyl (C=O) groups is 1. The van der Waals surface area contributed by atoms with Crippen LogP contribution in [0.5, 0.6) is 0 Å². The number of ether oxygens (including phenoxy) is 1. The lowest BCUT2D eigenvalue weighted by Gasteiger charge is -2.24. The van der Waals surface area contributed by atoms with E-state index in [0.29, 0.717) is 23.9 Å². The van der Waals surface area contributed by atoms with E-state index in [2.05, 4.69) is 5.32 Å². The largest absolute Gasteiger partial charge is 0.478 e. The first-order valence-corrected chi connectivity index (χ1v) is 5.92. The Balaban J connectivity index is 2.16. The maximum atomic E-state index is 11.1. The molecule has 0 spiro atoms. The second kappa shape index (κ2) is 5.38. The zero-order chi connectivity index (χ0) is 12.3. The molecule has 0 unspecified atom stereocenters. The lowest BCUT2D eigenvalue weighted by Crippen LogP contribution is -2.28. The highest BCUT2D eigenvalue weighted by Gasteiger charge is 2.17. The predicted molar refractivity (Wildman–Crippen MR) is 65.9 cm³/mol. The molecule has 2 N–H and O–H groups in total. The zero-order valence-electron chi connectivity index (χ0n) is 9.28. The summed E-state index contributed by atoms with van der Waals surface area (Å²) in [7, 11) is 0. The number of benzene rings is 1. The molecule has 1 fully saturated rings. The minimum absolute atomic E-state index is 0.212. The smallest absolute Gasteiger partial charge is 0.337 e. The fraction of sp³-hybridized carbons (Fsp3) is 0.417. The van der Waals surface area contributed by atoms with Crippen LogP contribution in [0.15, 0.2) is 18.2 Å². The van der Waals surface area contributed by atoms with Crippen molar-refractivity contribution in [2.45, 2.75) is 18.9 Å². The molecule has 5 heteroatoms. The summed E-state index contributed by atoms with van der Waals surface area (Å²) >= 11 is 5.79. The highest BCUT2D eigenvalue weighted by molar-refractivity contribution is 6.31. The summed E-state index contributed by atoms with van der Waals surface area (Å²) in [4.78, 5) is 11.1. The van der Waals surface area contributed by atoms with Crippen molar-refractivity contribution in [3.63, 3.8) is 0 Å². The van der Waals surface area contributed by atoms with Crippen LogP contribution >= 0.6 is 11.6 Å². The van der Waals surface area contributed by atoms with Gasteiger partial charge in [0.25, 0.3) is 0 Å². The van der Waals surface area contributed by atoms with Crippen LogP contribution in [0, 0.1) is 0 Å². The normalized spacial score (nSPS) is 16.8. The van der Waals surface area contributed by atoms with Crippen LogP contribution in [0.3, 0.4) is 0 Å². The maximum Gasteiger partial charge on any atom is 0.337 e. The third-order valence-corrected chi connectivity index (χ3v) is 3.03. The molecule has 0 aromatic heterocycles. The van der Waals surface area contributed by atoms with E-state index in [9.17, 15) is 4.79 Å². The Bertz CT molecular complexity index is 416. The zero-order valence-corrected chi connectivity index (χ0v) is 10.0. The summed E-state index contributed by atoms with van der Waals surface area (Å²) in [6, 6.07) is 5.13. The summed E-state index contributed by atoms with van der Waals surface area (Å²) in [6.07, 6.45) is 1.78. The van der Waals surface area contributed by atoms with Gasteiger partial charge in [-0.15, -0.1) is 0 Å². The molecule has 1 aromatic carbocycles. The van der Waals surface area contributed by atoms with Crippen LogP contribution in [0.25, 0.3) is 0 Å². The van der Waals surface area contributed by atoms with Crippen molar-refractivity contribution in [2.75, 3.05) is 18.5 Å². The quantitative estimate of drug-likeness (QED) is 0.872. The Morgan fingerprint density at radius 1 is 1.41 bits per heavy atom. The molecule has 0 amide bonds. The number of hydrogen-bond donors (Lipinski definition) is 2. The Hall–Kier alpha value is -1.26. The summed E-state index contributed by atoms with van der Waals surface area (Å²) in [5.74, 6) is -0.970. The second-order valence-corrected chi connectivity index (χ2v) is 4.46. The van der Waals surface area contributed by atoms with Crippen LogP contribution in [0.2, 0.25) is 5.02 Å². The number of carboxylic acid groups (broad SMARTS) is 1. The molecular weight excluding hydrogens is 242 g/mol. The number of anilines is 1. The van der Waals surface area contributed by atoms with Crippen LogP contribution in [0.4, 0.5) is 5.69 Å². The van der Waals surface area contributed by atoms with Gasteiger partial charge < -0.3 is 15.2 Å². The van der Waals surface area contributed by atoms with E-state index in [1.165, 1.54) is 6.07 Å². The van der Waals surface area contributed by atoms with Gasteiger partial charge in [-0.1, -0.05) is 11.6 Å². The van der Waals surface area contributed by atoms with Gasteiger partial charge in [0.1, 0.15) is 0 Å². The third kappa shape index (κ3) is 3.11. The molecule has 17 heavy (non-hydrogen) atoms. The van der Waals surface area contributed by atoms with Crippen molar-refractivity contribution >= 4 is 23.3 Å². The van der Waals surface area contributed by atoms with Crippen LogP contribution in [0.1, 0.15) is 23.2 Å². The summed E-state index contributed by atoms with van der Waals surface area (Å²) in [5, 5.41) is 12.8. The third-order valence-electron chi connectivity index (χ3n) is 2.79. The molecular formula is C12H14ClNO3. The summed E-state index contributed by atoms with van der Waals surface area (Å²) < 4.78 is 5.26. The Labute approximate surface area is 105 Å². The molecule has 1 aliphatic rings. The van der Waals surface area contributed by atoms with E-state index in [-0.39, 0.29) is 11.6 Å². The van der Waals surface area contributed by atoms with E-state index in [4.69, 9.17) is 21.4 Å². The van der Waals surface area contributed by atoms with E-state index >= 15 is 0 Å².